The molecule has 0 aromatic carbocycles. The molecule has 1 heterocycles. The lowest BCUT2D eigenvalue weighted by molar-refractivity contribution is -0.147. The van der Waals surface area contributed by atoms with Gasteiger partial charge in [0.05, 0.1) is 6.07 Å². The highest BCUT2D eigenvalue weighted by Crippen LogP contribution is 2.76. The van der Waals surface area contributed by atoms with E-state index in [2.05, 4.69) is 31.8 Å². The molecule has 0 radical (unpaired) electrons. The number of aliphatic hydroxyl groups is 1. The SMILES string of the molecule is CC#CC1(O)CC[C@H]2[C@@H]3CCC45OC4(C)C(=O)C(C#N)C[C@]5(C)[C@@H]3CC[C@@]21C. The molecule has 0 aromatic heterocycles. The summed E-state index contributed by atoms with van der Waals surface area (Å²) in [6.07, 6.45) is 6.33. The summed E-state index contributed by atoms with van der Waals surface area (Å²) in [5.41, 5.74) is -2.33. The van der Waals surface area contributed by atoms with Crippen molar-refractivity contribution in [1.82, 2.24) is 0 Å². The van der Waals surface area contributed by atoms with Gasteiger partial charge in [-0.1, -0.05) is 19.8 Å². The Morgan fingerprint density at radius 1 is 1.07 bits per heavy atom. The number of ether oxygens (including phenoxy) is 1. The zero-order valence-electron chi connectivity index (χ0n) is 17.5. The van der Waals surface area contributed by atoms with Gasteiger partial charge in [0.2, 0.25) is 0 Å². The van der Waals surface area contributed by atoms with Crippen molar-refractivity contribution in [2.45, 2.75) is 89.4 Å². The minimum Gasteiger partial charge on any atom is -0.377 e. The van der Waals surface area contributed by atoms with Gasteiger partial charge in [0, 0.05) is 10.8 Å². The summed E-state index contributed by atoms with van der Waals surface area (Å²) >= 11 is 0. The van der Waals surface area contributed by atoms with Gasteiger partial charge in [-0.3, -0.25) is 4.79 Å². The molecule has 28 heavy (non-hydrogen) atoms. The van der Waals surface area contributed by atoms with Crippen LogP contribution in [0, 0.1) is 57.7 Å². The molecule has 4 heteroatoms. The molecule has 9 atom stereocenters. The molecule has 0 aromatic rings. The molecule has 4 saturated carbocycles. The maximum Gasteiger partial charge on any atom is 0.184 e. The molecule has 4 nitrogen and oxygen atoms in total. The lowest BCUT2D eigenvalue weighted by Crippen LogP contribution is -2.62. The van der Waals surface area contributed by atoms with Crippen LogP contribution in [0.1, 0.15) is 72.6 Å². The van der Waals surface area contributed by atoms with Gasteiger partial charge in [-0.2, -0.15) is 5.26 Å². The smallest absolute Gasteiger partial charge is 0.184 e. The van der Waals surface area contributed by atoms with E-state index in [-0.39, 0.29) is 22.2 Å². The van der Waals surface area contributed by atoms with Crippen LogP contribution < -0.4 is 0 Å². The molecule has 1 saturated heterocycles. The van der Waals surface area contributed by atoms with Crippen LogP contribution in [0.25, 0.3) is 0 Å². The van der Waals surface area contributed by atoms with Gasteiger partial charge < -0.3 is 9.84 Å². The summed E-state index contributed by atoms with van der Waals surface area (Å²) in [5.74, 6) is 7.00. The Balaban J connectivity index is 1.54. The van der Waals surface area contributed by atoms with Crippen LogP contribution in [-0.2, 0) is 9.53 Å². The van der Waals surface area contributed by atoms with E-state index in [1.807, 2.05) is 13.8 Å². The van der Waals surface area contributed by atoms with Crippen molar-refractivity contribution < 1.29 is 14.6 Å². The fourth-order valence-electron chi connectivity index (χ4n) is 8.66. The fourth-order valence-corrected chi connectivity index (χ4v) is 8.66. The summed E-state index contributed by atoms with van der Waals surface area (Å²) < 4.78 is 6.30. The van der Waals surface area contributed by atoms with E-state index in [9.17, 15) is 15.2 Å². The maximum absolute atomic E-state index is 12.9. The van der Waals surface area contributed by atoms with E-state index < -0.39 is 17.1 Å². The lowest BCUT2D eigenvalue weighted by Gasteiger charge is -2.60. The van der Waals surface area contributed by atoms with Crippen molar-refractivity contribution in [1.29, 1.82) is 5.26 Å². The number of nitrogens with zero attached hydrogens (tertiary/aromatic N) is 1. The average Bonchev–Trinajstić information content (AvgIpc) is 3.20. The first-order valence-corrected chi connectivity index (χ1v) is 10.9. The largest absolute Gasteiger partial charge is 0.377 e. The standard InChI is InChI=1S/C24H31NO3/c1-5-9-23(27)11-8-17-16-6-12-24-21(3,18(16)7-10-20(17,23)2)13-15(14-25)19(26)22(24,4)28-24/h15-18,27H,6-8,10-13H2,1-4H3/t15?,16-,17-,18+,20-,21+,22?,23?,24?/m0/s1. The quantitative estimate of drug-likeness (QED) is 0.514. The van der Waals surface area contributed by atoms with Crippen molar-refractivity contribution >= 4 is 5.78 Å². The zero-order valence-corrected chi connectivity index (χ0v) is 17.5. The predicted octanol–water partition coefficient (Wildman–Crippen LogP) is 3.62. The third-order valence-electron chi connectivity index (χ3n) is 10.2. The number of Topliss-reactive ketones (excluding diaryl/α,β-unsaturated/α-hetero) is 1. The van der Waals surface area contributed by atoms with Crippen molar-refractivity contribution in [3.8, 4) is 17.9 Å². The molecule has 0 bridgehead atoms. The van der Waals surface area contributed by atoms with E-state index >= 15 is 0 Å². The topological polar surface area (TPSA) is 73.6 Å². The molecular weight excluding hydrogens is 350 g/mol. The monoisotopic (exact) mass is 381 g/mol. The Kier molecular flexibility index (Phi) is 3.47. The van der Waals surface area contributed by atoms with E-state index in [4.69, 9.17) is 4.74 Å². The molecule has 1 aliphatic heterocycles. The van der Waals surface area contributed by atoms with Crippen molar-refractivity contribution in [3.63, 3.8) is 0 Å². The first-order valence-electron chi connectivity index (χ1n) is 10.9. The number of nitriles is 1. The third-order valence-corrected chi connectivity index (χ3v) is 10.2. The highest BCUT2D eigenvalue weighted by Gasteiger charge is 2.84. The lowest BCUT2D eigenvalue weighted by atomic mass is 9.42. The second kappa shape index (κ2) is 5.21. The number of rotatable bonds is 0. The van der Waals surface area contributed by atoms with Crippen LogP contribution in [0.4, 0.5) is 0 Å². The second-order valence-electron chi connectivity index (χ2n) is 10.8. The molecule has 5 rings (SSSR count). The Morgan fingerprint density at radius 3 is 2.43 bits per heavy atom. The third kappa shape index (κ3) is 1.75. The number of ketones is 1. The number of carbonyl (C=O) groups is 1. The van der Waals surface area contributed by atoms with Crippen LogP contribution in [0.5, 0.6) is 0 Å². The first kappa shape index (κ1) is 18.7. The molecular formula is C24H31NO3. The molecule has 4 aliphatic carbocycles. The van der Waals surface area contributed by atoms with Gasteiger partial charge in [-0.25, -0.2) is 0 Å². The Bertz CT molecular complexity index is 865. The number of hydrogen-bond acceptors (Lipinski definition) is 4. The number of epoxide rings is 1. The molecule has 0 amide bonds. The predicted molar refractivity (Wildman–Crippen MR) is 104 cm³/mol. The highest BCUT2D eigenvalue weighted by molar-refractivity contribution is 5.96. The van der Waals surface area contributed by atoms with E-state index in [1.165, 1.54) is 0 Å². The minimum atomic E-state index is -0.879. The highest BCUT2D eigenvalue weighted by atomic mass is 16.6. The van der Waals surface area contributed by atoms with Crippen molar-refractivity contribution in [2.24, 2.45) is 34.5 Å². The number of fused-ring (bicyclic) bond motifs is 4. The number of carbonyl (C=O) groups excluding carboxylic acids is 1. The summed E-state index contributed by atoms with van der Waals surface area (Å²) in [6.45, 7) is 8.28. The van der Waals surface area contributed by atoms with Gasteiger partial charge in [0.25, 0.3) is 0 Å². The van der Waals surface area contributed by atoms with Crippen LogP contribution in [0.3, 0.4) is 0 Å². The zero-order chi connectivity index (χ0) is 20.2. The van der Waals surface area contributed by atoms with Gasteiger partial charge in [-0.05, 0) is 76.5 Å². The normalized spacial score (nSPS) is 58.9. The summed E-state index contributed by atoms with van der Waals surface area (Å²) in [6, 6.07) is 2.28. The Hall–Kier alpha value is -1.36. The van der Waals surface area contributed by atoms with Gasteiger partial charge in [-0.15, -0.1) is 5.92 Å². The molecule has 1 N–H and O–H groups in total. The molecule has 150 valence electrons. The summed E-state index contributed by atoms with van der Waals surface area (Å²) in [5, 5.41) is 21.0. The molecule has 1 spiro atoms. The Labute approximate surface area is 168 Å². The van der Waals surface area contributed by atoms with E-state index in [0.717, 1.165) is 38.5 Å². The number of hydrogen-bond donors (Lipinski definition) is 1. The van der Waals surface area contributed by atoms with E-state index in [0.29, 0.717) is 24.2 Å². The maximum atomic E-state index is 12.9. The molecule has 5 aliphatic rings. The fraction of sp³-hybridized carbons (Fsp3) is 0.833. The summed E-state index contributed by atoms with van der Waals surface area (Å²) in [4.78, 5) is 12.9. The summed E-state index contributed by atoms with van der Waals surface area (Å²) in [7, 11) is 0. The van der Waals surface area contributed by atoms with Gasteiger partial charge in [0.1, 0.15) is 17.1 Å². The second-order valence-corrected chi connectivity index (χ2v) is 10.8. The van der Waals surface area contributed by atoms with Gasteiger partial charge in [0.15, 0.2) is 11.4 Å². The Morgan fingerprint density at radius 2 is 1.75 bits per heavy atom. The molecule has 4 unspecified atom stereocenters. The van der Waals surface area contributed by atoms with Crippen LogP contribution >= 0.6 is 0 Å². The first-order chi connectivity index (χ1) is 13.1. The van der Waals surface area contributed by atoms with Crippen LogP contribution in [0.2, 0.25) is 0 Å². The average molecular weight is 382 g/mol. The van der Waals surface area contributed by atoms with Crippen LogP contribution in [0.15, 0.2) is 0 Å². The molecule has 5 fully saturated rings. The van der Waals surface area contributed by atoms with Crippen molar-refractivity contribution in [3.05, 3.63) is 0 Å². The minimum absolute atomic E-state index is 0.0000319. The van der Waals surface area contributed by atoms with Gasteiger partial charge >= 0.3 is 0 Å². The van der Waals surface area contributed by atoms with E-state index in [1.54, 1.807) is 0 Å². The van der Waals surface area contributed by atoms with Crippen molar-refractivity contribution in [2.75, 3.05) is 0 Å². The van der Waals surface area contributed by atoms with Crippen LogP contribution in [-0.4, -0.2) is 27.7 Å².